The Morgan fingerprint density at radius 2 is 1.92 bits per heavy atom. The van der Waals surface area contributed by atoms with Gasteiger partial charge in [-0.3, -0.25) is 19.3 Å². The van der Waals surface area contributed by atoms with Crippen LogP contribution in [0.4, 0.5) is 5.69 Å². The SMILES string of the molecule is CN(C)C(=O)c1ccc2c(c1)N(CC(=O)N1CCCC1)C(=O)CO2. The van der Waals surface area contributed by atoms with Crippen molar-refractivity contribution in [2.45, 2.75) is 12.8 Å². The largest absolute Gasteiger partial charge is 0.482 e. The zero-order valence-corrected chi connectivity index (χ0v) is 13.9. The summed E-state index contributed by atoms with van der Waals surface area (Å²) in [6, 6.07) is 4.95. The van der Waals surface area contributed by atoms with E-state index in [4.69, 9.17) is 4.74 Å². The summed E-state index contributed by atoms with van der Waals surface area (Å²) >= 11 is 0. The Morgan fingerprint density at radius 3 is 2.58 bits per heavy atom. The van der Waals surface area contributed by atoms with Crippen molar-refractivity contribution in [1.82, 2.24) is 9.80 Å². The second-order valence-electron chi connectivity index (χ2n) is 6.24. The molecular weight excluding hydrogens is 310 g/mol. The van der Waals surface area contributed by atoms with Crippen molar-refractivity contribution in [3.63, 3.8) is 0 Å². The molecule has 24 heavy (non-hydrogen) atoms. The zero-order chi connectivity index (χ0) is 17.3. The Kier molecular flexibility index (Phi) is 4.42. The molecule has 3 rings (SSSR count). The highest BCUT2D eigenvalue weighted by Crippen LogP contribution is 2.33. The number of hydrogen-bond acceptors (Lipinski definition) is 4. The quantitative estimate of drug-likeness (QED) is 0.819. The van der Waals surface area contributed by atoms with E-state index < -0.39 is 0 Å². The van der Waals surface area contributed by atoms with E-state index in [1.807, 2.05) is 0 Å². The van der Waals surface area contributed by atoms with Gasteiger partial charge in [0.05, 0.1) is 5.69 Å². The van der Waals surface area contributed by atoms with Gasteiger partial charge in [-0.1, -0.05) is 0 Å². The van der Waals surface area contributed by atoms with E-state index in [9.17, 15) is 14.4 Å². The highest BCUT2D eigenvalue weighted by molar-refractivity contribution is 6.04. The van der Waals surface area contributed by atoms with Gasteiger partial charge in [0.25, 0.3) is 11.8 Å². The van der Waals surface area contributed by atoms with Crippen LogP contribution in [-0.2, 0) is 9.59 Å². The van der Waals surface area contributed by atoms with Crippen LogP contribution in [0.15, 0.2) is 18.2 Å². The van der Waals surface area contributed by atoms with Crippen LogP contribution in [0.3, 0.4) is 0 Å². The van der Waals surface area contributed by atoms with Crippen LogP contribution in [0.2, 0.25) is 0 Å². The Labute approximate surface area is 140 Å². The number of fused-ring (bicyclic) bond motifs is 1. The van der Waals surface area contributed by atoms with Crippen LogP contribution in [0.1, 0.15) is 23.2 Å². The fraction of sp³-hybridized carbons (Fsp3) is 0.471. The molecule has 0 unspecified atom stereocenters. The van der Waals surface area contributed by atoms with Gasteiger partial charge in [-0.05, 0) is 31.0 Å². The third-order valence-corrected chi connectivity index (χ3v) is 4.31. The van der Waals surface area contributed by atoms with Crippen LogP contribution in [0.25, 0.3) is 0 Å². The summed E-state index contributed by atoms with van der Waals surface area (Å²) < 4.78 is 5.43. The number of ether oxygens (including phenoxy) is 1. The Morgan fingerprint density at radius 1 is 1.21 bits per heavy atom. The Bertz CT molecular complexity index is 680. The number of anilines is 1. The van der Waals surface area contributed by atoms with Gasteiger partial charge in [-0.2, -0.15) is 0 Å². The molecule has 2 aliphatic heterocycles. The Hall–Kier alpha value is -2.57. The van der Waals surface area contributed by atoms with Crippen LogP contribution < -0.4 is 9.64 Å². The number of carbonyl (C=O) groups excluding carboxylic acids is 3. The molecule has 0 atom stereocenters. The van der Waals surface area contributed by atoms with Crippen LogP contribution in [0.5, 0.6) is 5.75 Å². The second kappa shape index (κ2) is 6.51. The van der Waals surface area contributed by atoms with Crippen molar-refractivity contribution in [3.8, 4) is 5.75 Å². The topological polar surface area (TPSA) is 70.2 Å². The molecule has 1 fully saturated rings. The first-order chi connectivity index (χ1) is 11.5. The van der Waals surface area contributed by atoms with E-state index in [1.54, 1.807) is 37.2 Å². The van der Waals surface area contributed by atoms with Crippen molar-refractivity contribution in [2.24, 2.45) is 0 Å². The van der Waals surface area contributed by atoms with Crippen molar-refractivity contribution in [2.75, 3.05) is 45.2 Å². The average Bonchev–Trinajstić information content (AvgIpc) is 3.10. The molecule has 0 N–H and O–H groups in total. The highest BCUT2D eigenvalue weighted by Gasteiger charge is 2.30. The molecule has 0 aromatic heterocycles. The van der Waals surface area contributed by atoms with Crippen LogP contribution in [-0.4, -0.2) is 67.9 Å². The standard InChI is InChI=1S/C17H21N3O4/c1-18(2)17(23)12-5-6-14-13(9-12)20(16(22)11-24-14)10-15(21)19-7-3-4-8-19/h5-6,9H,3-4,7-8,10-11H2,1-2H3. The van der Waals surface area contributed by atoms with E-state index >= 15 is 0 Å². The molecule has 3 amide bonds. The number of likely N-dealkylation sites (tertiary alicyclic amines) is 1. The summed E-state index contributed by atoms with van der Waals surface area (Å²) in [5.74, 6) is 0.00306. The highest BCUT2D eigenvalue weighted by atomic mass is 16.5. The lowest BCUT2D eigenvalue weighted by atomic mass is 10.1. The summed E-state index contributed by atoms with van der Waals surface area (Å²) in [5.41, 5.74) is 0.933. The first kappa shape index (κ1) is 16.3. The molecule has 0 bridgehead atoms. The van der Waals surface area contributed by atoms with Crippen molar-refractivity contribution in [1.29, 1.82) is 0 Å². The van der Waals surface area contributed by atoms with Gasteiger partial charge in [0.1, 0.15) is 12.3 Å². The third-order valence-electron chi connectivity index (χ3n) is 4.31. The molecule has 128 valence electrons. The van der Waals surface area contributed by atoms with Gasteiger partial charge < -0.3 is 14.5 Å². The van der Waals surface area contributed by atoms with Crippen molar-refractivity contribution in [3.05, 3.63) is 23.8 Å². The first-order valence-electron chi connectivity index (χ1n) is 8.04. The van der Waals surface area contributed by atoms with Gasteiger partial charge in [-0.25, -0.2) is 0 Å². The number of amides is 3. The van der Waals surface area contributed by atoms with E-state index in [2.05, 4.69) is 0 Å². The minimum absolute atomic E-state index is 0.0190. The normalized spacial score (nSPS) is 16.7. The molecule has 7 nitrogen and oxygen atoms in total. The van der Waals surface area contributed by atoms with Crippen LogP contribution in [0, 0.1) is 0 Å². The molecule has 1 saturated heterocycles. The molecule has 7 heteroatoms. The molecule has 0 radical (unpaired) electrons. The van der Waals surface area contributed by atoms with E-state index in [-0.39, 0.29) is 30.9 Å². The lowest BCUT2D eigenvalue weighted by Crippen LogP contribution is -2.46. The summed E-state index contributed by atoms with van der Waals surface area (Å²) in [7, 11) is 3.33. The Balaban J connectivity index is 1.87. The van der Waals surface area contributed by atoms with Crippen molar-refractivity contribution >= 4 is 23.4 Å². The van der Waals surface area contributed by atoms with Gasteiger partial charge in [0.15, 0.2) is 6.61 Å². The minimum Gasteiger partial charge on any atom is -0.482 e. The number of benzene rings is 1. The molecule has 2 heterocycles. The number of hydrogen-bond donors (Lipinski definition) is 0. The number of rotatable bonds is 3. The van der Waals surface area contributed by atoms with Crippen LogP contribution >= 0.6 is 0 Å². The predicted octanol–water partition coefficient (Wildman–Crippen LogP) is 0.736. The smallest absolute Gasteiger partial charge is 0.265 e. The number of nitrogens with zero attached hydrogens (tertiary/aromatic N) is 3. The fourth-order valence-corrected chi connectivity index (χ4v) is 2.97. The summed E-state index contributed by atoms with van der Waals surface area (Å²) in [6.07, 6.45) is 2.00. The third kappa shape index (κ3) is 3.06. The number of carbonyl (C=O) groups is 3. The molecular formula is C17H21N3O4. The lowest BCUT2D eigenvalue weighted by molar-refractivity contribution is -0.131. The van der Waals surface area contributed by atoms with E-state index in [1.165, 1.54) is 9.80 Å². The molecule has 0 spiro atoms. The zero-order valence-electron chi connectivity index (χ0n) is 13.9. The molecule has 1 aromatic carbocycles. The monoisotopic (exact) mass is 331 g/mol. The predicted molar refractivity (Wildman–Crippen MR) is 88.1 cm³/mol. The molecule has 0 saturated carbocycles. The van der Waals surface area contributed by atoms with Gasteiger partial charge in [-0.15, -0.1) is 0 Å². The summed E-state index contributed by atoms with van der Waals surface area (Å²) in [5, 5.41) is 0. The summed E-state index contributed by atoms with van der Waals surface area (Å²) in [6.45, 7) is 1.36. The molecule has 0 aliphatic carbocycles. The molecule has 1 aromatic rings. The van der Waals surface area contributed by atoms with E-state index in [0.29, 0.717) is 17.0 Å². The van der Waals surface area contributed by atoms with Gasteiger partial charge in [0.2, 0.25) is 5.91 Å². The fourth-order valence-electron chi connectivity index (χ4n) is 2.97. The van der Waals surface area contributed by atoms with Crippen molar-refractivity contribution < 1.29 is 19.1 Å². The lowest BCUT2D eigenvalue weighted by Gasteiger charge is -2.30. The maximum atomic E-state index is 12.4. The second-order valence-corrected chi connectivity index (χ2v) is 6.24. The van der Waals surface area contributed by atoms with Gasteiger partial charge in [0, 0.05) is 32.7 Å². The van der Waals surface area contributed by atoms with E-state index in [0.717, 1.165) is 25.9 Å². The summed E-state index contributed by atoms with van der Waals surface area (Å²) in [4.78, 5) is 41.5. The minimum atomic E-state index is -0.274. The maximum Gasteiger partial charge on any atom is 0.265 e. The first-order valence-corrected chi connectivity index (χ1v) is 8.04. The maximum absolute atomic E-state index is 12.4. The van der Waals surface area contributed by atoms with Gasteiger partial charge >= 0.3 is 0 Å². The average molecular weight is 331 g/mol. The molecule has 2 aliphatic rings.